The van der Waals surface area contributed by atoms with Crippen LogP contribution in [-0.4, -0.2) is 20.3 Å². The quantitative estimate of drug-likeness (QED) is 0.127. The van der Waals surface area contributed by atoms with Gasteiger partial charge in [0.25, 0.3) is 0 Å². The lowest BCUT2D eigenvalue weighted by atomic mass is 10.1. The molecule has 0 saturated heterocycles. The van der Waals surface area contributed by atoms with Crippen molar-refractivity contribution >= 4 is 45.2 Å². The molecule has 0 bridgehead atoms. The van der Waals surface area contributed by atoms with Gasteiger partial charge in [0.15, 0.2) is 0 Å². The molecule has 0 amide bonds. The van der Waals surface area contributed by atoms with Crippen molar-refractivity contribution in [2.75, 3.05) is 20.3 Å². The predicted octanol–water partition coefficient (Wildman–Crippen LogP) is 8.07. The summed E-state index contributed by atoms with van der Waals surface area (Å²) in [5, 5.41) is 0. The van der Waals surface area contributed by atoms with Crippen LogP contribution in [0, 0.1) is 7.14 Å². The molecule has 0 aliphatic carbocycles. The number of furan rings is 1. The highest BCUT2D eigenvalue weighted by atomic mass is 127. The molecule has 0 atom stereocenters. The van der Waals surface area contributed by atoms with E-state index in [-0.39, 0.29) is 0 Å². The van der Waals surface area contributed by atoms with E-state index in [0.717, 1.165) is 59.9 Å². The summed E-state index contributed by atoms with van der Waals surface area (Å²) in [5.41, 5.74) is 2.10. The fraction of sp³-hybridized carbons (Fsp3) is 0.185. The minimum atomic E-state index is 0.652. The molecule has 0 unspecified atom stereocenters. The van der Waals surface area contributed by atoms with E-state index < -0.39 is 0 Å². The van der Waals surface area contributed by atoms with E-state index in [4.69, 9.17) is 18.6 Å². The Morgan fingerprint density at radius 3 is 1.91 bits per heavy atom. The first-order valence-electron chi connectivity index (χ1n) is 10.7. The van der Waals surface area contributed by atoms with Crippen molar-refractivity contribution in [2.24, 2.45) is 0 Å². The van der Waals surface area contributed by atoms with E-state index in [1.807, 2.05) is 78.9 Å². The van der Waals surface area contributed by atoms with Crippen molar-refractivity contribution in [1.82, 2.24) is 0 Å². The predicted molar refractivity (Wildman–Crippen MR) is 148 cm³/mol. The van der Waals surface area contributed by atoms with Gasteiger partial charge in [0.05, 0.1) is 27.5 Å². The van der Waals surface area contributed by atoms with Crippen LogP contribution in [0.15, 0.2) is 83.3 Å². The molecule has 0 fully saturated rings. The molecule has 33 heavy (non-hydrogen) atoms. The van der Waals surface area contributed by atoms with Crippen molar-refractivity contribution in [3.63, 3.8) is 0 Å². The molecule has 4 rings (SSSR count). The average Bonchev–Trinajstić information content (AvgIpc) is 3.34. The number of benzene rings is 3. The second kappa shape index (κ2) is 11.8. The second-order valence-electron chi connectivity index (χ2n) is 7.38. The standard InChI is InChI=1S/C27H24I2O4/c1-30-26-17-23(29)27(18-22(26)28)32-16-6-5-15-31-21-11-9-20(10-12-21)25-14-13-24(33-25)19-7-3-2-4-8-19/h2-4,7-14,17-18H,5-6,15-16H2,1H3. The lowest BCUT2D eigenvalue weighted by Gasteiger charge is -2.11. The van der Waals surface area contributed by atoms with Gasteiger partial charge in [-0.15, -0.1) is 0 Å². The summed E-state index contributed by atoms with van der Waals surface area (Å²) >= 11 is 4.53. The number of hydrogen-bond donors (Lipinski definition) is 0. The van der Waals surface area contributed by atoms with Gasteiger partial charge < -0.3 is 18.6 Å². The Morgan fingerprint density at radius 1 is 0.667 bits per heavy atom. The van der Waals surface area contributed by atoms with Crippen molar-refractivity contribution in [3.8, 4) is 39.9 Å². The van der Waals surface area contributed by atoms with Gasteiger partial charge in [-0.2, -0.15) is 0 Å². The first kappa shape index (κ1) is 23.9. The van der Waals surface area contributed by atoms with Gasteiger partial charge >= 0.3 is 0 Å². The molecule has 0 N–H and O–H groups in total. The summed E-state index contributed by atoms with van der Waals surface area (Å²) < 4.78 is 25.3. The smallest absolute Gasteiger partial charge is 0.134 e. The molecule has 6 heteroatoms. The third-order valence-corrected chi connectivity index (χ3v) is 6.76. The molecule has 4 nitrogen and oxygen atoms in total. The van der Waals surface area contributed by atoms with Crippen LogP contribution in [0.4, 0.5) is 0 Å². The van der Waals surface area contributed by atoms with Gasteiger partial charge in [0.2, 0.25) is 0 Å². The molecule has 0 aliphatic heterocycles. The molecular formula is C27H24I2O4. The maximum Gasteiger partial charge on any atom is 0.134 e. The maximum atomic E-state index is 6.02. The fourth-order valence-electron chi connectivity index (χ4n) is 3.32. The van der Waals surface area contributed by atoms with Gasteiger partial charge in [0, 0.05) is 11.1 Å². The molecule has 1 aromatic heterocycles. The van der Waals surface area contributed by atoms with E-state index in [1.54, 1.807) is 7.11 Å². The maximum absolute atomic E-state index is 6.02. The lowest BCUT2D eigenvalue weighted by molar-refractivity contribution is 0.265. The van der Waals surface area contributed by atoms with Crippen molar-refractivity contribution < 1.29 is 18.6 Å². The summed E-state index contributed by atoms with van der Waals surface area (Å²) in [6.07, 6.45) is 1.84. The van der Waals surface area contributed by atoms with Crippen LogP contribution < -0.4 is 14.2 Å². The van der Waals surface area contributed by atoms with Gasteiger partial charge in [-0.3, -0.25) is 0 Å². The third kappa shape index (κ3) is 6.44. The lowest BCUT2D eigenvalue weighted by Crippen LogP contribution is -2.03. The summed E-state index contributed by atoms with van der Waals surface area (Å²) in [6, 6.07) is 26.2. The zero-order valence-corrected chi connectivity index (χ0v) is 22.5. The van der Waals surface area contributed by atoms with E-state index in [0.29, 0.717) is 13.2 Å². The Labute approximate surface area is 221 Å². The molecule has 1 heterocycles. The SMILES string of the molecule is COc1cc(I)c(OCCCCOc2ccc(-c3ccc(-c4ccccc4)o3)cc2)cc1I. The zero-order valence-electron chi connectivity index (χ0n) is 18.2. The molecule has 0 aliphatic rings. The summed E-state index contributed by atoms with van der Waals surface area (Å²) in [7, 11) is 1.68. The molecule has 3 aromatic carbocycles. The van der Waals surface area contributed by atoms with Crippen LogP contribution in [0.25, 0.3) is 22.6 Å². The monoisotopic (exact) mass is 666 g/mol. The number of halogens is 2. The third-order valence-electron chi connectivity index (χ3n) is 5.07. The molecular weight excluding hydrogens is 642 g/mol. The highest BCUT2D eigenvalue weighted by Gasteiger charge is 2.09. The first-order chi connectivity index (χ1) is 16.1. The van der Waals surface area contributed by atoms with Gasteiger partial charge in [-0.1, -0.05) is 30.3 Å². The highest BCUT2D eigenvalue weighted by Crippen LogP contribution is 2.31. The zero-order chi connectivity index (χ0) is 23.0. The first-order valence-corrected chi connectivity index (χ1v) is 12.8. The van der Waals surface area contributed by atoms with Crippen LogP contribution in [0.2, 0.25) is 0 Å². The Balaban J connectivity index is 1.21. The van der Waals surface area contributed by atoms with Gasteiger partial charge in [-0.05, 0) is 107 Å². The summed E-state index contributed by atoms with van der Waals surface area (Å²) in [4.78, 5) is 0. The van der Waals surface area contributed by atoms with Crippen LogP contribution in [-0.2, 0) is 0 Å². The Hall–Kier alpha value is -2.20. The Bertz CT molecular complexity index is 1170. The molecule has 0 saturated carbocycles. The van der Waals surface area contributed by atoms with Crippen molar-refractivity contribution in [1.29, 1.82) is 0 Å². The Morgan fingerprint density at radius 2 is 1.24 bits per heavy atom. The van der Waals surface area contributed by atoms with Crippen molar-refractivity contribution in [3.05, 3.63) is 86.0 Å². The largest absolute Gasteiger partial charge is 0.496 e. The van der Waals surface area contributed by atoms with Crippen molar-refractivity contribution in [2.45, 2.75) is 12.8 Å². The molecule has 4 aromatic rings. The number of methoxy groups -OCH3 is 1. The van der Waals surface area contributed by atoms with Crippen LogP contribution in [0.5, 0.6) is 17.2 Å². The van der Waals surface area contributed by atoms with Crippen LogP contribution >= 0.6 is 45.2 Å². The fourth-order valence-corrected chi connectivity index (χ4v) is 4.57. The highest BCUT2D eigenvalue weighted by molar-refractivity contribution is 14.1. The van der Waals surface area contributed by atoms with Crippen LogP contribution in [0.1, 0.15) is 12.8 Å². The number of ether oxygens (including phenoxy) is 3. The number of unbranched alkanes of at least 4 members (excludes halogenated alkanes) is 1. The minimum Gasteiger partial charge on any atom is -0.496 e. The second-order valence-corrected chi connectivity index (χ2v) is 9.70. The number of hydrogen-bond acceptors (Lipinski definition) is 4. The molecule has 170 valence electrons. The molecule has 0 radical (unpaired) electrons. The minimum absolute atomic E-state index is 0.652. The topological polar surface area (TPSA) is 40.8 Å². The Kier molecular flexibility index (Phi) is 8.55. The van der Waals surface area contributed by atoms with Gasteiger partial charge in [-0.25, -0.2) is 0 Å². The van der Waals surface area contributed by atoms with E-state index in [1.165, 1.54) is 0 Å². The van der Waals surface area contributed by atoms with E-state index in [9.17, 15) is 0 Å². The van der Waals surface area contributed by atoms with Crippen LogP contribution in [0.3, 0.4) is 0 Å². The normalized spacial score (nSPS) is 10.8. The summed E-state index contributed by atoms with van der Waals surface area (Å²) in [5.74, 6) is 4.34. The van der Waals surface area contributed by atoms with E-state index >= 15 is 0 Å². The molecule has 0 spiro atoms. The van der Waals surface area contributed by atoms with Gasteiger partial charge in [0.1, 0.15) is 28.8 Å². The average molecular weight is 666 g/mol. The number of rotatable bonds is 10. The van der Waals surface area contributed by atoms with E-state index in [2.05, 4.69) is 45.2 Å². The summed E-state index contributed by atoms with van der Waals surface area (Å²) in [6.45, 7) is 1.31.